The second-order valence-corrected chi connectivity index (χ2v) is 4.38. The number of methoxy groups -OCH3 is 1. The van der Waals surface area contributed by atoms with Crippen molar-refractivity contribution in [1.29, 1.82) is 0 Å². The van der Waals surface area contributed by atoms with Gasteiger partial charge in [-0.15, -0.1) is 5.10 Å². The molecule has 0 aliphatic heterocycles. The van der Waals surface area contributed by atoms with Gasteiger partial charge < -0.3 is 10.1 Å². The first-order valence-corrected chi connectivity index (χ1v) is 6.51. The zero-order valence-electron chi connectivity index (χ0n) is 9.93. The van der Waals surface area contributed by atoms with E-state index in [0.717, 1.165) is 18.2 Å². The number of ether oxygens (including phenoxy) is 1. The van der Waals surface area contributed by atoms with Crippen LogP contribution in [-0.2, 0) is 11.3 Å². The Labute approximate surface area is 104 Å². The first-order valence-electron chi connectivity index (χ1n) is 5.53. The molecular weight excluding hydrogens is 245 g/mol. The molecule has 17 heavy (non-hydrogen) atoms. The molecule has 0 spiro atoms. The molecule has 0 unspecified atom stereocenters. The first-order chi connectivity index (χ1) is 8.38. The second-order valence-electron chi connectivity index (χ2n) is 3.32. The highest BCUT2D eigenvalue weighted by Gasteiger charge is 2.05. The number of aromatic nitrogens is 4. The van der Waals surface area contributed by atoms with Crippen LogP contribution in [0.25, 0.3) is 0 Å². The third-order valence-electron chi connectivity index (χ3n) is 1.99. The summed E-state index contributed by atoms with van der Waals surface area (Å²) in [6, 6.07) is 0. The Bertz CT molecular complexity index is 299. The fourth-order valence-electron chi connectivity index (χ4n) is 1.14. The minimum Gasteiger partial charge on any atom is -0.383 e. The molecule has 0 aromatic carbocycles. The summed E-state index contributed by atoms with van der Waals surface area (Å²) in [5.41, 5.74) is 0. The summed E-state index contributed by atoms with van der Waals surface area (Å²) in [7, 11) is 1.67. The number of hydrogen-bond donors (Lipinski definition) is 1. The monoisotopic (exact) mass is 263 g/mol. The first kappa shape index (κ1) is 14.3. The van der Waals surface area contributed by atoms with Gasteiger partial charge in [0.1, 0.15) is 0 Å². The average molecular weight is 263 g/mol. The lowest BCUT2D eigenvalue weighted by Gasteiger charge is -2.05. The van der Waals surface area contributed by atoms with Gasteiger partial charge in [-0.3, -0.25) is 4.39 Å². The number of rotatable bonds is 10. The lowest BCUT2D eigenvalue weighted by molar-refractivity contribution is 0.199. The van der Waals surface area contributed by atoms with E-state index in [4.69, 9.17) is 4.74 Å². The molecule has 0 radical (unpaired) electrons. The minimum atomic E-state index is -0.298. The molecule has 8 heteroatoms. The van der Waals surface area contributed by atoms with Crippen LogP contribution in [-0.4, -0.2) is 59.4 Å². The van der Waals surface area contributed by atoms with Crippen LogP contribution >= 0.6 is 11.8 Å². The maximum absolute atomic E-state index is 11.9. The number of hydrogen-bond acceptors (Lipinski definition) is 6. The Morgan fingerprint density at radius 1 is 1.47 bits per heavy atom. The maximum atomic E-state index is 11.9. The van der Waals surface area contributed by atoms with Crippen LogP contribution in [0, 0.1) is 0 Å². The van der Waals surface area contributed by atoms with Crippen molar-refractivity contribution in [2.45, 2.75) is 18.1 Å². The van der Waals surface area contributed by atoms with Crippen molar-refractivity contribution in [2.75, 3.05) is 39.2 Å². The van der Waals surface area contributed by atoms with E-state index in [1.807, 2.05) is 0 Å². The smallest absolute Gasteiger partial charge is 0.209 e. The molecule has 1 aromatic heterocycles. The highest BCUT2D eigenvalue weighted by Crippen LogP contribution is 2.14. The maximum Gasteiger partial charge on any atom is 0.209 e. The Hall–Kier alpha value is -0.730. The highest BCUT2D eigenvalue weighted by atomic mass is 32.2. The molecule has 0 amide bonds. The van der Waals surface area contributed by atoms with E-state index >= 15 is 0 Å². The van der Waals surface area contributed by atoms with Crippen molar-refractivity contribution in [2.24, 2.45) is 0 Å². The van der Waals surface area contributed by atoms with Crippen LogP contribution in [0.4, 0.5) is 4.39 Å². The summed E-state index contributed by atoms with van der Waals surface area (Å²) in [4.78, 5) is 0. The highest BCUT2D eigenvalue weighted by molar-refractivity contribution is 7.99. The van der Waals surface area contributed by atoms with Gasteiger partial charge in [-0.2, -0.15) is 0 Å². The average Bonchev–Trinajstić information content (AvgIpc) is 2.77. The van der Waals surface area contributed by atoms with E-state index in [0.29, 0.717) is 25.3 Å². The van der Waals surface area contributed by atoms with Gasteiger partial charge in [0.2, 0.25) is 5.16 Å². The van der Waals surface area contributed by atoms with Crippen LogP contribution in [0.15, 0.2) is 5.16 Å². The SMILES string of the molecule is COCCNCCn1nnnc1SCCCF. The molecule has 0 fully saturated rings. The Morgan fingerprint density at radius 3 is 3.12 bits per heavy atom. The lowest BCUT2D eigenvalue weighted by atomic mass is 10.6. The summed E-state index contributed by atoms with van der Waals surface area (Å²) in [5, 5.41) is 15.3. The Kier molecular flexibility index (Phi) is 7.85. The van der Waals surface area contributed by atoms with Crippen molar-refractivity contribution in [3.05, 3.63) is 0 Å². The van der Waals surface area contributed by atoms with Crippen molar-refractivity contribution in [1.82, 2.24) is 25.5 Å². The van der Waals surface area contributed by atoms with Crippen LogP contribution < -0.4 is 5.32 Å². The molecule has 1 heterocycles. The molecule has 0 bridgehead atoms. The Morgan fingerprint density at radius 2 is 2.35 bits per heavy atom. The second kappa shape index (κ2) is 9.32. The van der Waals surface area contributed by atoms with Gasteiger partial charge in [-0.25, -0.2) is 4.68 Å². The summed E-state index contributed by atoms with van der Waals surface area (Å²) in [6.45, 7) is 2.68. The molecule has 0 aliphatic rings. The topological polar surface area (TPSA) is 64.9 Å². The standard InChI is InChI=1S/C9H18FN5OS/c1-16-7-5-11-4-6-15-9(12-13-14-15)17-8-2-3-10/h11H,2-8H2,1H3. The van der Waals surface area contributed by atoms with Gasteiger partial charge in [-0.1, -0.05) is 11.8 Å². The molecular formula is C9H18FN5OS. The van der Waals surface area contributed by atoms with Crippen molar-refractivity contribution in [3.8, 4) is 0 Å². The number of thioether (sulfide) groups is 1. The molecule has 6 nitrogen and oxygen atoms in total. The van der Waals surface area contributed by atoms with Gasteiger partial charge in [0.15, 0.2) is 0 Å². The number of nitrogens with one attached hydrogen (secondary N) is 1. The van der Waals surface area contributed by atoms with Gasteiger partial charge in [0.25, 0.3) is 0 Å². The normalized spacial score (nSPS) is 10.9. The van der Waals surface area contributed by atoms with E-state index < -0.39 is 0 Å². The van der Waals surface area contributed by atoms with Gasteiger partial charge in [-0.05, 0) is 16.8 Å². The van der Waals surface area contributed by atoms with Crippen molar-refractivity contribution in [3.63, 3.8) is 0 Å². The zero-order valence-corrected chi connectivity index (χ0v) is 10.7. The minimum absolute atomic E-state index is 0.298. The van der Waals surface area contributed by atoms with Gasteiger partial charge >= 0.3 is 0 Å². The third kappa shape index (κ3) is 5.94. The zero-order chi connectivity index (χ0) is 12.3. The molecule has 0 saturated heterocycles. The fraction of sp³-hybridized carbons (Fsp3) is 0.889. The van der Waals surface area contributed by atoms with Crippen LogP contribution in [0.5, 0.6) is 0 Å². The number of tetrazole rings is 1. The third-order valence-corrected chi connectivity index (χ3v) is 3.03. The van der Waals surface area contributed by atoms with Gasteiger partial charge in [0.05, 0.1) is 19.8 Å². The molecule has 1 aromatic rings. The molecule has 1 rings (SSSR count). The van der Waals surface area contributed by atoms with E-state index in [1.165, 1.54) is 11.8 Å². The van der Waals surface area contributed by atoms with E-state index in [9.17, 15) is 4.39 Å². The van der Waals surface area contributed by atoms with E-state index in [2.05, 4.69) is 20.8 Å². The van der Waals surface area contributed by atoms with Crippen molar-refractivity contribution < 1.29 is 9.13 Å². The molecule has 98 valence electrons. The van der Waals surface area contributed by atoms with Crippen LogP contribution in [0.3, 0.4) is 0 Å². The molecule has 0 atom stereocenters. The Balaban J connectivity index is 2.20. The summed E-state index contributed by atoms with van der Waals surface area (Å²) < 4.78 is 18.6. The number of alkyl halides is 1. The number of nitrogens with zero attached hydrogens (tertiary/aromatic N) is 4. The van der Waals surface area contributed by atoms with Crippen LogP contribution in [0.2, 0.25) is 0 Å². The van der Waals surface area contributed by atoms with Gasteiger partial charge in [0, 0.05) is 26.0 Å². The lowest BCUT2D eigenvalue weighted by Crippen LogP contribution is -2.24. The molecule has 0 aliphatic carbocycles. The van der Waals surface area contributed by atoms with Crippen molar-refractivity contribution >= 4 is 11.8 Å². The largest absolute Gasteiger partial charge is 0.383 e. The summed E-state index contributed by atoms with van der Waals surface area (Å²) in [6.07, 6.45) is 0.531. The predicted octanol–water partition coefficient (Wildman–Crippen LogP) is 0.361. The summed E-state index contributed by atoms with van der Waals surface area (Å²) in [5.74, 6) is 0.702. The molecule has 0 saturated carbocycles. The molecule has 1 N–H and O–H groups in total. The summed E-state index contributed by atoms with van der Waals surface area (Å²) >= 11 is 1.48. The fourth-order valence-corrected chi connectivity index (χ4v) is 1.95. The van der Waals surface area contributed by atoms with E-state index in [1.54, 1.807) is 11.8 Å². The number of halogens is 1. The predicted molar refractivity (Wildman–Crippen MR) is 63.9 cm³/mol. The quantitative estimate of drug-likeness (QED) is 0.486. The van der Waals surface area contributed by atoms with Crippen LogP contribution in [0.1, 0.15) is 6.42 Å². The van der Waals surface area contributed by atoms with E-state index in [-0.39, 0.29) is 6.67 Å².